The summed E-state index contributed by atoms with van der Waals surface area (Å²) in [4.78, 5) is 24.0. The molecule has 0 saturated carbocycles. The van der Waals surface area contributed by atoms with Crippen molar-refractivity contribution in [3.8, 4) is 17.0 Å². The normalized spacial score (nSPS) is 17.0. The number of carbonyl (C=O) groups is 1. The molecule has 1 fully saturated rings. The molecule has 0 spiro atoms. The van der Waals surface area contributed by atoms with Crippen molar-refractivity contribution >= 4 is 21.7 Å². The Hall–Kier alpha value is -3.53. The standard InChI is InChI=1S/C28H33FN4O4S/c1-18(2)17-37-22-13-20(12-21(29)14-22)24-10-9-23(26(31-24)33-16-19(3)15-28(33,4)5)27(34)32-38(35,36)25-8-6-7-11-30-25/h6-14,18-19H,15-17H2,1-5H3,(H,32,34). The molecule has 38 heavy (non-hydrogen) atoms. The number of hydrogen-bond donors (Lipinski definition) is 1. The summed E-state index contributed by atoms with van der Waals surface area (Å²) in [5.74, 6) is 0.0259. The van der Waals surface area contributed by atoms with Gasteiger partial charge in [-0.05, 0) is 68.5 Å². The van der Waals surface area contributed by atoms with Crippen LogP contribution in [0, 0.1) is 17.7 Å². The lowest BCUT2D eigenvalue weighted by atomic mass is 9.97. The van der Waals surface area contributed by atoms with Crippen LogP contribution in [0.5, 0.6) is 5.75 Å². The molecule has 1 saturated heterocycles. The zero-order valence-electron chi connectivity index (χ0n) is 22.2. The molecule has 1 amide bonds. The van der Waals surface area contributed by atoms with Crippen LogP contribution in [-0.2, 0) is 10.0 Å². The molecular formula is C28H33FN4O4S. The Morgan fingerprint density at radius 2 is 1.97 bits per heavy atom. The number of ether oxygens (including phenoxy) is 1. The summed E-state index contributed by atoms with van der Waals surface area (Å²) < 4.78 is 48.0. The van der Waals surface area contributed by atoms with Crippen molar-refractivity contribution in [1.29, 1.82) is 0 Å². The molecule has 1 N–H and O–H groups in total. The Morgan fingerprint density at radius 1 is 1.21 bits per heavy atom. The summed E-state index contributed by atoms with van der Waals surface area (Å²) in [5.41, 5.74) is 0.688. The van der Waals surface area contributed by atoms with Crippen LogP contribution in [0.25, 0.3) is 11.3 Å². The monoisotopic (exact) mass is 540 g/mol. The molecule has 1 aliphatic rings. The fourth-order valence-corrected chi connectivity index (χ4v) is 5.66. The molecule has 3 aromatic rings. The van der Waals surface area contributed by atoms with E-state index in [2.05, 4.69) is 30.5 Å². The maximum Gasteiger partial charge on any atom is 0.281 e. The minimum absolute atomic E-state index is 0.100. The topological polar surface area (TPSA) is 101 Å². The van der Waals surface area contributed by atoms with Gasteiger partial charge in [0, 0.05) is 29.9 Å². The third-order valence-electron chi connectivity index (χ3n) is 6.34. The summed E-state index contributed by atoms with van der Waals surface area (Å²) in [6, 6.07) is 11.9. The fourth-order valence-electron chi connectivity index (χ4n) is 4.74. The Labute approximate surface area is 223 Å². The van der Waals surface area contributed by atoms with Crippen molar-refractivity contribution in [3.63, 3.8) is 0 Å². The Bertz CT molecular complexity index is 1430. The number of hydrogen-bond acceptors (Lipinski definition) is 7. The average Bonchev–Trinajstić information content (AvgIpc) is 3.13. The lowest BCUT2D eigenvalue weighted by Crippen LogP contribution is -2.41. The second-order valence-corrected chi connectivity index (χ2v) is 12.4. The maximum absolute atomic E-state index is 14.5. The molecule has 3 heterocycles. The first-order valence-electron chi connectivity index (χ1n) is 12.6. The molecule has 4 rings (SSSR count). The smallest absolute Gasteiger partial charge is 0.281 e. The van der Waals surface area contributed by atoms with E-state index in [-0.39, 0.29) is 22.0 Å². The van der Waals surface area contributed by atoms with E-state index >= 15 is 0 Å². The van der Waals surface area contributed by atoms with Crippen LogP contribution in [0.15, 0.2) is 59.8 Å². The van der Waals surface area contributed by atoms with Gasteiger partial charge in [-0.25, -0.2) is 19.1 Å². The van der Waals surface area contributed by atoms with Gasteiger partial charge >= 0.3 is 0 Å². The fraction of sp³-hybridized carbons (Fsp3) is 0.393. The number of sulfonamides is 1. The number of aromatic nitrogens is 2. The molecule has 202 valence electrons. The second kappa shape index (κ2) is 10.7. The highest BCUT2D eigenvalue weighted by atomic mass is 32.2. The molecule has 1 aromatic carbocycles. The second-order valence-electron chi connectivity index (χ2n) is 10.8. The number of amides is 1. The molecule has 1 atom stereocenters. The minimum atomic E-state index is -4.20. The van der Waals surface area contributed by atoms with E-state index in [0.717, 1.165) is 6.42 Å². The quantitative estimate of drug-likeness (QED) is 0.426. The third-order valence-corrected chi connectivity index (χ3v) is 7.59. The van der Waals surface area contributed by atoms with Crippen LogP contribution >= 0.6 is 0 Å². The lowest BCUT2D eigenvalue weighted by Gasteiger charge is -2.34. The van der Waals surface area contributed by atoms with E-state index in [4.69, 9.17) is 9.72 Å². The molecule has 10 heteroatoms. The van der Waals surface area contributed by atoms with E-state index < -0.39 is 21.7 Å². The summed E-state index contributed by atoms with van der Waals surface area (Å²) in [7, 11) is -4.20. The van der Waals surface area contributed by atoms with E-state index in [1.165, 1.54) is 36.5 Å². The van der Waals surface area contributed by atoms with Crippen molar-refractivity contribution in [2.45, 2.75) is 51.6 Å². The number of rotatable bonds is 8. The highest BCUT2D eigenvalue weighted by molar-refractivity contribution is 7.90. The maximum atomic E-state index is 14.5. The number of nitrogens with zero attached hydrogens (tertiary/aromatic N) is 3. The van der Waals surface area contributed by atoms with Crippen molar-refractivity contribution in [3.05, 3.63) is 66.1 Å². The molecule has 0 bridgehead atoms. The van der Waals surface area contributed by atoms with Crippen LogP contribution in [0.1, 0.15) is 51.4 Å². The molecule has 0 aliphatic carbocycles. The first-order chi connectivity index (χ1) is 17.9. The molecular weight excluding hydrogens is 507 g/mol. The number of anilines is 1. The molecule has 0 radical (unpaired) electrons. The van der Waals surface area contributed by atoms with E-state index in [1.54, 1.807) is 18.2 Å². The predicted molar refractivity (Wildman–Crippen MR) is 144 cm³/mol. The van der Waals surface area contributed by atoms with Crippen LogP contribution in [0.3, 0.4) is 0 Å². The SMILES string of the molecule is CC(C)COc1cc(F)cc(-c2ccc(C(=O)NS(=O)(=O)c3ccccn3)c(N3CC(C)CC3(C)C)n2)c1. The minimum Gasteiger partial charge on any atom is -0.493 e. The summed E-state index contributed by atoms with van der Waals surface area (Å²) in [6.07, 6.45) is 2.20. The van der Waals surface area contributed by atoms with Gasteiger partial charge < -0.3 is 9.64 Å². The zero-order valence-corrected chi connectivity index (χ0v) is 23.0. The van der Waals surface area contributed by atoms with Crippen molar-refractivity contribution < 1.29 is 22.3 Å². The summed E-state index contributed by atoms with van der Waals surface area (Å²) in [5, 5.41) is -0.261. The van der Waals surface area contributed by atoms with Crippen molar-refractivity contribution in [2.24, 2.45) is 11.8 Å². The molecule has 1 unspecified atom stereocenters. The Morgan fingerprint density at radius 3 is 2.61 bits per heavy atom. The van der Waals surface area contributed by atoms with Gasteiger partial charge in [0.2, 0.25) is 0 Å². The van der Waals surface area contributed by atoms with Gasteiger partial charge in [0.05, 0.1) is 17.9 Å². The summed E-state index contributed by atoms with van der Waals surface area (Å²) in [6.45, 7) is 11.3. The average molecular weight is 541 g/mol. The highest BCUT2D eigenvalue weighted by Crippen LogP contribution is 2.38. The number of pyridine rings is 2. The van der Waals surface area contributed by atoms with Crippen LogP contribution in [-0.4, -0.2) is 43.0 Å². The predicted octanol–water partition coefficient (Wildman–Crippen LogP) is 5.06. The van der Waals surface area contributed by atoms with Gasteiger partial charge in [-0.1, -0.05) is 26.8 Å². The number of benzene rings is 1. The van der Waals surface area contributed by atoms with E-state index in [0.29, 0.717) is 41.9 Å². The van der Waals surface area contributed by atoms with Crippen LogP contribution < -0.4 is 14.4 Å². The van der Waals surface area contributed by atoms with E-state index in [9.17, 15) is 17.6 Å². The van der Waals surface area contributed by atoms with Crippen molar-refractivity contribution in [1.82, 2.24) is 14.7 Å². The van der Waals surface area contributed by atoms with Gasteiger partial charge in [-0.2, -0.15) is 8.42 Å². The van der Waals surface area contributed by atoms with Gasteiger partial charge in [0.25, 0.3) is 15.9 Å². The van der Waals surface area contributed by atoms with Crippen molar-refractivity contribution in [2.75, 3.05) is 18.1 Å². The first kappa shape index (κ1) is 27.5. The van der Waals surface area contributed by atoms with Gasteiger partial charge in [0.1, 0.15) is 17.4 Å². The third kappa shape index (κ3) is 6.12. The van der Waals surface area contributed by atoms with Crippen LogP contribution in [0.2, 0.25) is 0 Å². The molecule has 1 aliphatic heterocycles. The molecule has 2 aromatic heterocycles. The summed E-state index contributed by atoms with van der Waals surface area (Å²) >= 11 is 0. The Kier molecular flexibility index (Phi) is 7.73. The first-order valence-corrected chi connectivity index (χ1v) is 14.0. The van der Waals surface area contributed by atoms with Gasteiger partial charge in [-0.3, -0.25) is 4.79 Å². The van der Waals surface area contributed by atoms with E-state index in [1.807, 2.05) is 18.7 Å². The van der Waals surface area contributed by atoms with Gasteiger partial charge in [-0.15, -0.1) is 0 Å². The Balaban J connectivity index is 1.76. The number of carbonyl (C=O) groups excluding carboxylic acids is 1. The van der Waals surface area contributed by atoms with Gasteiger partial charge in [0.15, 0.2) is 5.03 Å². The number of nitrogens with one attached hydrogen (secondary N) is 1. The highest BCUT2D eigenvalue weighted by Gasteiger charge is 2.39. The zero-order chi connectivity index (χ0) is 27.7. The lowest BCUT2D eigenvalue weighted by molar-refractivity contribution is 0.0981. The molecule has 8 nitrogen and oxygen atoms in total. The largest absolute Gasteiger partial charge is 0.493 e. The number of halogens is 1. The van der Waals surface area contributed by atoms with Crippen LogP contribution in [0.4, 0.5) is 10.2 Å².